The zero-order chi connectivity index (χ0) is 14.7. The van der Waals surface area contributed by atoms with Gasteiger partial charge in [0.15, 0.2) is 11.6 Å². The first-order valence-electron chi connectivity index (χ1n) is 6.36. The molecule has 0 radical (unpaired) electrons. The summed E-state index contributed by atoms with van der Waals surface area (Å²) in [5.41, 5.74) is 7.37. The molecule has 106 valence electrons. The number of nitrogens with two attached hydrogens (primary N) is 1. The Morgan fingerprint density at radius 1 is 1.15 bits per heavy atom. The standard InChI is InChI=1S/C16H17F2NO/c1-10-6-7-13(16(18)15(10)17)14(19)9-11-4-3-5-12(8-11)20-2/h3-8,14H,9,19H2,1-2H3. The van der Waals surface area contributed by atoms with Crippen molar-refractivity contribution in [2.45, 2.75) is 19.4 Å². The third-order valence-corrected chi connectivity index (χ3v) is 3.29. The van der Waals surface area contributed by atoms with Gasteiger partial charge in [0.1, 0.15) is 5.75 Å². The van der Waals surface area contributed by atoms with Crippen LogP contribution >= 0.6 is 0 Å². The van der Waals surface area contributed by atoms with Gasteiger partial charge in [0.2, 0.25) is 0 Å². The van der Waals surface area contributed by atoms with Crippen LogP contribution in [0.2, 0.25) is 0 Å². The van der Waals surface area contributed by atoms with Crippen molar-refractivity contribution >= 4 is 0 Å². The smallest absolute Gasteiger partial charge is 0.163 e. The molecule has 4 heteroatoms. The number of rotatable bonds is 4. The predicted molar refractivity (Wildman–Crippen MR) is 74.7 cm³/mol. The number of halogens is 2. The van der Waals surface area contributed by atoms with Crippen LogP contribution in [0.5, 0.6) is 5.75 Å². The van der Waals surface area contributed by atoms with Gasteiger partial charge in [-0.1, -0.05) is 24.3 Å². The maximum atomic E-state index is 13.9. The number of benzene rings is 2. The molecule has 0 fully saturated rings. The van der Waals surface area contributed by atoms with Crippen LogP contribution in [-0.2, 0) is 6.42 Å². The summed E-state index contributed by atoms with van der Waals surface area (Å²) in [6, 6.07) is 9.86. The highest BCUT2D eigenvalue weighted by Crippen LogP contribution is 2.24. The second kappa shape index (κ2) is 6.01. The van der Waals surface area contributed by atoms with Gasteiger partial charge < -0.3 is 10.5 Å². The number of methoxy groups -OCH3 is 1. The zero-order valence-corrected chi connectivity index (χ0v) is 11.5. The minimum Gasteiger partial charge on any atom is -0.497 e. The Balaban J connectivity index is 2.23. The molecule has 0 aromatic heterocycles. The molecule has 1 unspecified atom stereocenters. The van der Waals surface area contributed by atoms with Gasteiger partial charge in [-0.3, -0.25) is 0 Å². The molecule has 0 amide bonds. The third kappa shape index (κ3) is 2.96. The Morgan fingerprint density at radius 2 is 1.90 bits per heavy atom. The highest BCUT2D eigenvalue weighted by Gasteiger charge is 2.17. The lowest BCUT2D eigenvalue weighted by atomic mass is 9.98. The summed E-state index contributed by atoms with van der Waals surface area (Å²) in [4.78, 5) is 0. The van der Waals surface area contributed by atoms with Crippen LogP contribution in [0.4, 0.5) is 8.78 Å². The highest BCUT2D eigenvalue weighted by atomic mass is 19.2. The molecule has 2 nitrogen and oxygen atoms in total. The molecule has 0 spiro atoms. The topological polar surface area (TPSA) is 35.2 Å². The Kier molecular flexibility index (Phi) is 4.35. The van der Waals surface area contributed by atoms with E-state index in [9.17, 15) is 8.78 Å². The van der Waals surface area contributed by atoms with E-state index in [2.05, 4.69) is 0 Å². The van der Waals surface area contributed by atoms with Crippen molar-refractivity contribution in [1.29, 1.82) is 0 Å². The summed E-state index contributed by atoms with van der Waals surface area (Å²) in [6.45, 7) is 1.52. The number of hydrogen-bond donors (Lipinski definition) is 1. The molecule has 0 saturated carbocycles. The summed E-state index contributed by atoms with van der Waals surface area (Å²) in [5, 5.41) is 0. The quantitative estimate of drug-likeness (QED) is 0.928. The Morgan fingerprint density at radius 3 is 2.60 bits per heavy atom. The minimum atomic E-state index is -0.861. The molecule has 2 rings (SSSR count). The molecule has 0 aliphatic carbocycles. The van der Waals surface area contributed by atoms with Crippen LogP contribution in [0.1, 0.15) is 22.7 Å². The molecule has 20 heavy (non-hydrogen) atoms. The second-order valence-electron chi connectivity index (χ2n) is 4.76. The van der Waals surface area contributed by atoms with Gasteiger partial charge in [-0.25, -0.2) is 8.78 Å². The number of ether oxygens (including phenoxy) is 1. The Labute approximate surface area is 117 Å². The first-order valence-corrected chi connectivity index (χ1v) is 6.36. The summed E-state index contributed by atoms with van der Waals surface area (Å²) in [5.74, 6) is -0.978. The molecule has 1 atom stereocenters. The van der Waals surface area contributed by atoms with E-state index >= 15 is 0 Å². The Bertz CT molecular complexity index is 613. The average Bonchev–Trinajstić information content (AvgIpc) is 2.45. The molecule has 0 saturated heterocycles. The van der Waals surface area contributed by atoms with E-state index in [1.165, 1.54) is 6.92 Å². The minimum absolute atomic E-state index is 0.191. The van der Waals surface area contributed by atoms with Gasteiger partial charge in [0.05, 0.1) is 7.11 Å². The van der Waals surface area contributed by atoms with Crippen LogP contribution < -0.4 is 10.5 Å². The lowest BCUT2D eigenvalue weighted by Gasteiger charge is -2.14. The SMILES string of the molecule is COc1cccc(CC(N)c2ccc(C)c(F)c2F)c1. The van der Waals surface area contributed by atoms with Crippen molar-refractivity contribution in [3.05, 3.63) is 64.7 Å². The van der Waals surface area contributed by atoms with Crippen molar-refractivity contribution in [2.24, 2.45) is 5.73 Å². The van der Waals surface area contributed by atoms with E-state index in [-0.39, 0.29) is 11.1 Å². The fourth-order valence-corrected chi connectivity index (χ4v) is 2.11. The van der Waals surface area contributed by atoms with Crippen molar-refractivity contribution in [2.75, 3.05) is 7.11 Å². The summed E-state index contributed by atoms with van der Waals surface area (Å²) < 4.78 is 32.6. The van der Waals surface area contributed by atoms with Crippen LogP contribution in [0, 0.1) is 18.6 Å². The molecule has 0 heterocycles. The number of aryl methyl sites for hydroxylation is 1. The second-order valence-corrected chi connectivity index (χ2v) is 4.76. The van der Waals surface area contributed by atoms with E-state index < -0.39 is 17.7 Å². The highest BCUT2D eigenvalue weighted by molar-refractivity contribution is 5.32. The number of hydrogen-bond acceptors (Lipinski definition) is 2. The van der Waals surface area contributed by atoms with E-state index in [0.717, 1.165) is 5.56 Å². The van der Waals surface area contributed by atoms with E-state index in [0.29, 0.717) is 12.2 Å². The van der Waals surface area contributed by atoms with Gasteiger partial charge >= 0.3 is 0 Å². The summed E-state index contributed by atoms with van der Waals surface area (Å²) >= 11 is 0. The normalized spacial score (nSPS) is 12.2. The molecule has 2 aromatic carbocycles. The first-order chi connectivity index (χ1) is 9.52. The maximum Gasteiger partial charge on any atom is 0.163 e. The van der Waals surface area contributed by atoms with Gasteiger partial charge in [0.25, 0.3) is 0 Å². The molecule has 2 N–H and O–H groups in total. The van der Waals surface area contributed by atoms with Gasteiger partial charge in [-0.15, -0.1) is 0 Å². The van der Waals surface area contributed by atoms with Crippen LogP contribution in [0.15, 0.2) is 36.4 Å². The average molecular weight is 277 g/mol. The predicted octanol–water partition coefficient (Wildman–Crippen LogP) is 3.52. The van der Waals surface area contributed by atoms with Crippen molar-refractivity contribution in [3.63, 3.8) is 0 Å². The summed E-state index contributed by atoms with van der Waals surface area (Å²) in [6.07, 6.45) is 0.413. The maximum absolute atomic E-state index is 13.9. The van der Waals surface area contributed by atoms with Crippen LogP contribution in [0.3, 0.4) is 0 Å². The fraction of sp³-hybridized carbons (Fsp3) is 0.250. The zero-order valence-electron chi connectivity index (χ0n) is 11.5. The molecule has 2 aromatic rings. The molecule has 0 aliphatic heterocycles. The van der Waals surface area contributed by atoms with Crippen LogP contribution in [-0.4, -0.2) is 7.11 Å². The van der Waals surface area contributed by atoms with E-state index in [1.54, 1.807) is 19.2 Å². The van der Waals surface area contributed by atoms with Crippen molar-refractivity contribution < 1.29 is 13.5 Å². The van der Waals surface area contributed by atoms with Crippen molar-refractivity contribution in [3.8, 4) is 5.75 Å². The lowest BCUT2D eigenvalue weighted by Crippen LogP contribution is -2.16. The largest absolute Gasteiger partial charge is 0.497 e. The van der Waals surface area contributed by atoms with E-state index in [4.69, 9.17) is 10.5 Å². The molecular formula is C16H17F2NO. The van der Waals surface area contributed by atoms with Gasteiger partial charge in [0, 0.05) is 11.6 Å². The fourth-order valence-electron chi connectivity index (χ4n) is 2.11. The van der Waals surface area contributed by atoms with Crippen molar-refractivity contribution in [1.82, 2.24) is 0 Å². The third-order valence-electron chi connectivity index (χ3n) is 3.29. The van der Waals surface area contributed by atoms with E-state index in [1.807, 2.05) is 24.3 Å². The lowest BCUT2D eigenvalue weighted by molar-refractivity contribution is 0.414. The molecule has 0 bridgehead atoms. The van der Waals surface area contributed by atoms with Crippen LogP contribution in [0.25, 0.3) is 0 Å². The summed E-state index contributed by atoms with van der Waals surface area (Å²) in [7, 11) is 1.58. The first kappa shape index (κ1) is 14.5. The monoisotopic (exact) mass is 277 g/mol. The van der Waals surface area contributed by atoms with Gasteiger partial charge in [-0.2, -0.15) is 0 Å². The Hall–Kier alpha value is -1.94. The van der Waals surface area contributed by atoms with Gasteiger partial charge in [-0.05, 0) is 36.6 Å². The molecular weight excluding hydrogens is 260 g/mol. The molecule has 0 aliphatic rings.